The summed E-state index contributed by atoms with van der Waals surface area (Å²) in [6.07, 6.45) is 0. The van der Waals surface area contributed by atoms with Gasteiger partial charge in [0.1, 0.15) is 0 Å². The van der Waals surface area contributed by atoms with Crippen molar-refractivity contribution in [1.82, 2.24) is 15.0 Å². The van der Waals surface area contributed by atoms with Crippen LogP contribution in [0, 0.1) is 0 Å². The van der Waals surface area contributed by atoms with E-state index < -0.39 is 68.9 Å². The molecule has 0 unspecified atom stereocenters. The Labute approximate surface area is 248 Å². The van der Waals surface area contributed by atoms with E-state index in [1.807, 2.05) is 48.5 Å². The summed E-state index contributed by atoms with van der Waals surface area (Å²) in [6, 6.07) is 11.6. The van der Waals surface area contributed by atoms with Gasteiger partial charge in [-0.15, -0.1) is 0 Å². The maximum atomic E-state index is 9.05. The van der Waals surface area contributed by atoms with E-state index in [4.69, 9.17) is 21.4 Å². The van der Waals surface area contributed by atoms with Gasteiger partial charge in [0.05, 0.1) is 0 Å². The van der Waals surface area contributed by atoms with Crippen molar-refractivity contribution in [3.8, 4) is 34.2 Å². The Morgan fingerprint density at radius 1 is 0.513 bits per heavy atom. The van der Waals surface area contributed by atoms with Crippen molar-refractivity contribution in [3.05, 3.63) is 127 Å². The van der Waals surface area contributed by atoms with E-state index in [9.17, 15) is 0 Å². The van der Waals surface area contributed by atoms with Gasteiger partial charge in [0.2, 0.25) is 0 Å². The van der Waals surface area contributed by atoms with Crippen LogP contribution >= 0.6 is 0 Å². The van der Waals surface area contributed by atoms with Gasteiger partial charge in [-0.3, -0.25) is 0 Å². The van der Waals surface area contributed by atoms with Gasteiger partial charge in [0.15, 0.2) is 0 Å². The molecule has 0 amide bonds. The Morgan fingerprint density at radius 2 is 1.21 bits per heavy atom. The van der Waals surface area contributed by atoms with Gasteiger partial charge in [-0.2, -0.15) is 0 Å². The molecular formula is C35H21N3Se. The van der Waals surface area contributed by atoms with Gasteiger partial charge in [-0.05, 0) is 0 Å². The molecule has 0 saturated heterocycles. The molecule has 0 aliphatic carbocycles. The minimum atomic E-state index is -0.874. The van der Waals surface area contributed by atoms with Crippen LogP contribution in [0.4, 0.5) is 0 Å². The second kappa shape index (κ2) is 8.99. The topological polar surface area (TPSA) is 38.7 Å². The fourth-order valence-corrected chi connectivity index (χ4v) is 6.94. The summed E-state index contributed by atoms with van der Waals surface area (Å²) in [5.41, 5.74) is 0.204. The SMILES string of the molecule is [2H]c1c([2H])c([2H])c(-c2nc(-c3ccc4ccc5ccccc5c4c3)nc(-c3c([2H])c([2H])c([2H])c4c3[se]c3c([2H])c([2H])c([2H])c([2H])c34)n2)c([2H])c1[2H]. The molecule has 2 aromatic heterocycles. The predicted octanol–water partition coefficient (Wildman–Crippen LogP) is 8.54. The number of fused-ring (bicyclic) bond motifs is 6. The van der Waals surface area contributed by atoms with Crippen molar-refractivity contribution in [2.75, 3.05) is 0 Å². The molecule has 0 atom stereocenters. The summed E-state index contributed by atoms with van der Waals surface area (Å²) in [7, 11) is 0. The monoisotopic (exact) mass is 575 g/mol. The summed E-state index contributed by atoms with van der Waals surface area (Å²) in [6.45, 7) is 0. The standard InChI is InChI=1S/C35H21N3Se/c1-2-10-24(11-3-1)33-36-34(25-20-19-23-18-17-22-9-4-5-12-26(22)30(23)21-25)38-35(37-33)29-15-8-14-28-27-13-6-7-16-31(27)39-32(28)29/h1-21H/i1D,2D,3D,6D,7D,8D,10D,11D,13D,14D,15D,16D. The Bertz CT molecular complexity index is 2830. The van der Waals surface area contributed by atoms with E-state index in [0.717, 1.165) is 21.5 Å². The Morgan fingerprint density at radius 3 is 2.10 bits per heavy atom. The van der Waals surface area contributed by atoms with Crippen molar-refractivity contribution in [1.29, 1.82) is 0 Å². The van der Waals surface area contributed by atoms with E-state index in [-0.39, 0.29) is 61.8 Å². The van der Waals surface area contributed by atoms with Crippen LogP contribution in [0.1, 0.15) is 16.4 Å². The number of rotatable bonds is 3. The molecule has 0 spiro atoms. The van der Waals surface area contributed by atoms with Gasteiger partial charge in [-0.1, -0.05) is 0 Å². The molecular weight excluding hydrogens is 541 g/mol. The van der Waals surface area contributed by atoms with E-state index in [2.05, 4.69) is 9.97 Å². The summed E-state index contributed by atoms with van der Waals surface area (Å²) >= 11 is -0.874. The van der Waals surface area contributed by atoms with Crippen molar-refractivity contribution < 1.29 is 16.4 Å². The first kappa shape index (κ1) is 13.4. The summed E-state index contributed by atoms with van der Waals surface area (Å²) in [5.74, 6) is -0.384. The summed E-state index contributed by atoms with van der Waals surface area (Å²) < 4.78 is 103. The molecule has 8 aromatic rings. The van der Waals surface area contributed by atoms with Crippen molar-refractivity contribution in [3.63, 3.8) is 0 Å². The first-order valence-electron chi connectivity index (χ1n) is 18.0. The minimum absolute atomic E-state index is 0.00238. The molecule has 8 rings (SSSR count). The number of benzene rings is 6. The molecule has 3 nitrogen and oxygen atoms in total. The average Bonchev–Trinajstić information content (AvgIpc) is 3.54. The van der Waals surface area contributed by atoms with Gasteiger partial charge < -0.3 is 0 Å². The second-order valence-electron chi connectivity index (χ2n) is 8.79. The van der Waals surface area contributed by atoms with Gasteiger partial charge in [0.25, 0.3) is 0 Å². The van der Waals surface area contributed by atoms with Crippen LogP contribution in [0.15, 0.2) is 127 Å². The van der Waals surface area contributed by atoms with Crippen molar-refractivity contribution in [2.45, 2.75) is 0 Å². The molecule has 0 aliphatic heterocycles. The predicted molar refractivity (Wildman–Crippen MR) is 163 cm³/mol. The van der Waals surface area contributed by atoms with E-state index in [1.165, 1.54) is 0 Å². The quantitative estimate of drug-likeness (QED) is 0.157. The van der Waals surface area contributed by atoms with Crippen LogP contribution in [-0.2, 0) is 0 Å². The number of nitrogens with zero attached hydrogens (tertiary/aromatic N) is 3. The Hall–Kier alpha value is -4.63. The molecule has 39 heavy (non-hydrogen) atoms. The first-order valence-corrected chi connectivity index (χ1v) is 13.7. The van der Waals surface area contributed by atoms with Crippen molar-refractivity contribution >= 4 is 55.3 Å². The van der Waals surface area contributed by atoms with E-state index >= 15 is 0 Å². The third kappa shape index (κ3) is 3.77. The third-order valence-corrected chi connectivity index (χ3v) is 8.88. The zero-order chi connectivity index (χ0) is 36.2. The molecule has 0 radical (unpaired) electrons. The molecule has 6 aromatic carbocycles. The molecule has 182 valence electrons. The second-order valence-corrected chi connectivity index (χ2v) is 10.9. The Kier molecular flexibility index (Phi) is 3.10. The average molecular weight is 575 g/mol. The number of hydrogen-bond donors (Lipinski definition) is 0. The fraction of sp³-hybridized carbons (Fsp3) is 0. The summed E-state index contributed by atoms with van der Waals surface area (Å²) in [5, 5.41) is 3.98. The van der Waals surface area contributed by atoms with Gasteiger partial charge in [-0.25, -0.2) is 0 Å². The molecule has 2 heterocycles. The molecule has 0 aliphatic rings. The van der Waals surface area contributed by atoms with E-state index in [1.54, 1.807) is 6.07 Å². The zero-order valence-electron chi connectivity index (χ0n) is 31.9. The molecule has 0 N–H and O–H groups in total. The van der Waals surface area contributed by atoms with Crippen LogP contribution in [0.2, 0.25) is 0 Å². The van der Waals surface area contributed by atoms with Crippen LogP contribution in [0.5, 0.6) is 0 Å². The number of aromatic nitrogens is 3. The zero-order valence-corrected chi connectivity index (χ0v) is 21.7. The van der Waals surface area contributed by atoms with Crippen LogP contribution in [0.25, 0.3) is 75.0 Å². The van der Waals surface area contributed by atoms with Gasteiger partial charge >= 0.3 is 248 Å². The van der Waals surface area contributed by atoms with E-state index in [0.29, 0.717) is 9.82 Å². The maximum absolute atomic E-state index is 9.05. The summed E-state index contributed by atoms with van der Waals surface area (Å²) in [4.78, 5) is 14.0. The fourth-order valence-electron chi connectivity index (χ4n) is 4.72. The van der Waals surface area contributed by atoms with Crippen molar-refractivity contribution in [2.24, 2.45) is 0 Å². The third-order valence-electron chi connectivity index (χ3n) is 6.52. The van der Waals surface area contributed by atoms with Crippen LogP contribution < -0.4 is 0 Å². The van der Waals surface area contributed by atoms with Crippen LogP contribution in [-0.4, -0.2) is 29.5 Å². The molecule has 0 bridgehead atoms. The normalized spacial score (nSPS) is 15.9. The molecule has 4 heteroatoms. The van der Waals surface area contributed by atoms with Gasteiger partial charge in [0, 0.05) is 0 Å². The Balaban J connectivity index is 1.51. The number of hydrogen-bond acceptors (Lipinski definition) is 3. The first-order chi connectivity index (χ1) is 24.3. The molecule has 0 saturated carbocycles. The molecule has 0 fully saturated rings. The van der Waals surface area contributed by atoms with Crippen LogP contribution in [0.3, 0.4) is 0 Å².